The molecule has 0 radical (unpaired) electrons. The first-order valence-corrected chi connectivity index (χ1v) is 6.65. The Morgan fingerprint density at radius 2 is 2.05 bits per heavy atom. The van der Waals surface area contributed by atoms with Gasteiger partial charge in [-0.3, -0.25) is 4.79 Å². The lowest BCUT2D eigenvalue weighted by molar-refractivity contribution is -0.118. The van der Waals surface area contributed by atoms with E-state index in [4.69, 9.17) is 5.73 Å². The number of nitrogen functional groups attached to an aromatic ring is 1. The van der Waals surface area contributed by atoms with Crippen molar-refractivity contribution in [2.24, 2.45) is 5.92 Å². The highest BCUT2D eigenvalue weighted by Crippen LogP contribution is 2.48. The molecule has 2 atom stereocenters. The summed E-state index contributed by atoms with van der Waals surface area (Å²) in [7, 11) is 0. The molecule has 1 aliphatic carbocycles. The van der Waals surface area contributed by atoms with E-state index in [1.807, 2.05) is 12.1 Å². The van der Waals surface area contributed by atoms with Crippen molar-refractivity contribution in [2.75, 3.05) is 5.73 Å². The molecule has 1 aromatic heterocycles. The lowest BCUT2D eigenvalue weighted by atomic mass is 10.1. The van der Waals surface area contributed by atoms with E-state index in [9.17, 15) is 4.79 Å². The minimum atomic E-state index is 0.236. The van der Waals surface area contributed by atoms with Crippen molar-refractivity contribution in [1.82, 2.24) is 4.57 Å². The summed E-state index contributed by atoms with van der Waals surface area (Å²) in [4.78, 5) is 11.4. The topological polar surface area (TPSA) is 48.0 Å². The van der Waals surface area contributed by atoms with Crippen LogP contribution in [0.5, 0.6) is 0 Å². The van der Waals surface area contributed by atoms with Gasteiger partial charge >= 0.3 is 0 Å². The van der Waals surface area contributed by atoms with E-state index in [-0.39, 0.29) is 5.92 Å². The molecule has 0 amide bonds. The van der Waals surface area contributed by atoms with E-state index in [1.165, 1.54) is 11.3 Å². The summed E-state index contributed by atoms with van der Waals surface area (Å²) < 4.78 is 2.24. The van der Waals surface area contributed by atoms with Gasteiger partial charge in [0.2, 0.25) is 0 Å². The molecular formula is C16H18N2O. The zero-order valence-electron chi connectivity index (χ0n) is 11.0. The van der Waals surface area contributed by atoms with Crippen LogP contribution in [0.2, 0.25) is 0 Å². The van der Waals surface area contributed by atoms with Gasteiger partial charge in [-0.2, -0.15) is 0 Å². The maximum atomic E-state index is 11.4. The average molecular weight is 254 g/mol. The van der Waals surface area contributed by atoms with E-state index in [0.29, 0.717) is 11.7 Å². The zero-order chi connectivity index (χ0) is 13.4. The quantitative estimate of drug-likeness (QED) is 0.853. The minimum Gasteiger partial charge on any atom is -0.399 e. The van der Waals surface area contributed by atoms with E-state index in [0.717, 1.165) is 18.7 Å². The summed E-state index contributed by atoms with van der Waals surface area (Å²) in [6.07, 6.45) is 3.09. The molecule has 3 heteroatoms. The average Bonchev–Trinajstić information content (AvgIpc) is 3.06. The van der Waals surface area contributed by atoms with Crippen LogP contribution in [-0.4, -0.2) is 10.4 Å². The first-order valence-electron chi connectivity index (χ1n) is 6.65. The predicted octanol–water partition coefficient (Wildman–Crippen LogP) is 2.81. The van der Waals surface area contributed by atoms with Crippen molar-refractivity contribution in [3.63, 3.8) is 0 Å². The molecule has 0 aliphatic heterocycles. The first-order chi connectivity index (χ1) is 9.15. The van der Waals surface area contributed by atoms with Crippen LogP contribution in [-0.2, 0) is 11.3 Å². The fourth-order valence-electron chi connectivity index (χ4n) is 2.70. The number of anilines is 1. The molecule has 2 aromatic rings. The molecular weight excluding hydrogens is 236 g/mol. The third kappa shape index (κ3) is 2.41. The second kappa shape index (κ2) is 4.57. The molecule has 1 heterocycles. The highest BCUT2D eigenvalue weighted by atomic mass is 16.1. The Bertz CT molecular complexity index is 597. The van der Waals surface area contributed by atoms with Crippen LogP contribution in [0.25, 0.3) is 0 Å². The molecule has 3 rings (SSSR count). The van der Waals surface area contributed by atoms with Gasteiger partial charge in [-0.1, -0.05) is 12.1 Å². The van der Waals surface area contributed by atoms with Gasteiger partial charge in [0.15, 0.2) is 0 Å². The van der Waals surface area contributed by atoms with Crippen LogP contribution in [0.4, 0.5) is 5.69 Å². The number of nitrogens with zero attached hydrogens (tertiary/aromatic N) is 1. The SMILES string of the molecule is CC(=O)C1CC1c1cccn1Cc1ccc(N)cc1. The standard InChI is InChI=1S/C16H18N2O/c1-11(19)14-9-15(14)16-3-2-8-18(16)10-12-4-6-13(17)7-5-12/h2-8,14-15H,9-10,17H2,1H3. The molecule has 0 bridgehead atoms. The normalized spacial score (nSPS) is 21.3. The van der Waals surface area contributed by atoms with Gasteiger partial charge in [0.25, 0.3) is 0 Å². The minimum absolute atomic E-state index is 0.236. The number of nitrogens with two attached hydrogens (primary N) is 1. The summed E-state index contributed by atoms with van der Waals surface area (Å²) in [6.45, 7) is 2.53. The number of aromatic nitrogens is 1. The van der Waals surface area contributed by atoms with Gasteiger partial charge in [-0.05, 0) is 43.2 Å². The zero-order valence-corrected chi connectivity index (χ0v) is 11.0. The Hall–Kier alpha value is -2.03. The van der Waals surface area contributed by atoms with Gasteiger partial charge in [-0.15, -0.1) is 0 Å². The second-order valence-corrected chi connectivity index (χ2v) is 5.36. The van der Waals surface area contributed by atoms with Crippen LogP contribution in [0.3, 0.4) is 0 Å². The monoisotopic (exact) mass is 254 g/mol. The van der Waals surface area contributed by atoms with Crippen molar-refractivity contribution in [3.8, 4) is 0 Å². The molecule has 1 aromatic carbocycles. The van der Waals surface area contributed by atoms with E-state index < -0.39 is 0 Å². The molecule has 2 N–H and O–H groups in total. The second-order valence-electron chi connectivity index (χ2n) is 5.36. The maximum Gasteiger partial charge on any atom is 0.133 e. The Kier molecular flexibility index (Phi) is 2.90. The van der Waals surface area contributed by atoms with Crippen molar-refractivity contribution in [1.29, 1.82) is 0 Å². The highest BCUT2D eigenvalue weighted by Gasteiger charge is 2.43. The van der Waals surface area contributed by atoms with E-state index in [2.05, 4.69) is 35.0 Å². The largest absolute Gasteiger partial charge is 0.399 e. The summed E-state index contributed by atoms with van der Waals surface area (Å²) >= 11 is 0. The van der Waals surface area contributed by atoms with Crippen molar-refractivity contribution < 1.29 is 4.79 Å². The number of rotatable bonds is 4. The number of ketones is 1. The number of carbonyl (C=O) groups excluding carboxylic acids is 1. The predicted molar refractivity (Wildman–Crippen MR) is 75.9 cm³/mol. The number of hydrogen-bond donors (Lipinski definition) is 1. The fourth-order valence-corrected chi connectivity index (χ4v) is 2.70. The Labute approximate surface area is 113 Å². The Balaban J connectivity index is 1.78. The molecule has 0 saturated heterocycles. The maximum absolute atomic E-state index is 11.4. The summed E-state index contributed by atoms with van der Waals surface area (Å²) in [6, 6.07) is 12.1. The van der Waals surface area contributed by atoms with Crippen molar-refractivity contribution in [3.05, 3.63) is 53.9 Å². The highest BCUT2D eigenvalue weighted by molar-refractivity contribution is 5.82. The van der Waals surface area contributed by atoms with Gasteiger partial charge in [-0.25, -0.2) is 0 Å². The summed E-state index contributed by atoms with van der Waals surface area (Å²) in [5.74, 6) is 0.964. The molecule has 2 unspecified atom stereocenters. The lowest BCUT2D eigenvalue weighted by Crippen LogP contribution is -2.04. The Morgan fingerprint density at radius 1 is 1.32 bits per heavy atom. The number of benzene rings is 1. The molecule has 1 saturated carbocycles. The lowest BCUT2D eigenvalue weighted by Gasteiger charge is -2.09. The molecule has 1 aliphatic rings. The Morgan fingerprint density at radius 3 is 2.68 bits per heavy atom. The molecule has 0 spiro atoms. The molecule has 98 valence electrons. The number of carbonyl (C=O) groups is 1. The molecule has 3 nitrogen and oxygen atoms in total. The molecule has 19 heavy (non-hydrogen) atoms. The van der Waals surface area contributed by atoms with Gasteiger partial charge < -0.3 is 10.3 Å². The summed E-state index contributed by atoms with van der Waals surface area (Å²) in [5.41, 5.74) is 8.99. The van der Waals surface area contributed by atoms with Crippen molar-refractivity contribution in [2.45, 2.75) is 25.8 Å². The van der Waals surface area contributed by atoms with E-state index in [1.54, 1.807) is 6.92 Å². The number of Topliss-reactive ketones (excluding diaryl/α,β-unsaturated/α-hetero) is 1. The smallest absolute Gasteiger partial charge is 0.133 e. The van der Waals surface area contributed by atoms with Crippen LogP contribution >= 0.6 is 0 Å². The third-order valence-electron chi connectivity index (χ3n) is 3.89. The van der Waals surface area contributed by atoms with Gasteiger partial charge in [0.1, 0.15) is 5.78 Å². The first kappa shape index (κ1) is 12.0. The fraction of sp³-hybridized carbons (Fsp3) is 0.312. The van der Waals surface area contributed by atoms with Crippen LogP contribution in [0.15, 0.2) is 42.6 Å². The van der Waals surface area contributed by atoms with Gasteiger partial charge in [0.05, 0.1) is 0 Å². The van der Waals surface area contributed by atoms with E-state index >= 15 is 0 Å². The van der Waals surface area contributed by atoms with Crippen molar-refractivity contribution >= 4 is 11.5 Å². The van der Waals surface area contributed by atoms with Gasteiger partial charge in [0, 0.05) is 36.0 Å². The third-order valence-corrected chi connectivity index (χ3v) is 3.89. The summed E-state index contributed by atoms with van der Waals surface area (Å²) in [5, 5.41) is 0. The number of hydrogen-bond acceptors (Lipinski definition) is 2. The van der Waals surface area contributed by atoms with Crippen LogP contribution < -0.4 is 5.73 Å². The molecule has 1 fully saturated rings. The van der Waals surface area contributed by atoms with Crippen LogP contribution in [0.1, 0.15) is 30.5 Å². The van der Waals surface area contributed by atoms with Crippen LogP contribution in [0, 0.1) is 5.92 Å².